The summed E-state index contributed by atoms with van der Waals surface area (Å²) in [5, 5.41) is 3.05. The third-order valence-electron chi connectivity index (χ3n) is 2.55. The second-order valence-corrected chi connectivity index (χ2v) is 3.70. The molecule has 1 unspecified atom stereocenters. The molecule has 0 heterocycles. The lowest BCUT2D eigenvalue weighted by molar-refractivity contribution is -0.0997. The van der Waals surface area contributed by atoms with E-state index in [-0.39, 0.29) is 12.3 Å². The Hall–Kier alpha value is -1.04. The molecule has 0 saturated heterocycles. The molecule has 1 atom stereocenters. The minimum atomic E-state index is -0.579. The minimum absolute atomic E-state index is 0.247. The summed E-state index contributed by atoms with van der Waals surface area (Å²) in [6, 6.07) is 3.29. The molecule has 17 heavy (non-hydrogen) atoms. The van der Waals surface area contributed by atoms with E-state index in [9.17, 15) is 8.78 Å². The van der Waals surface area contributed by atoms with Crippen molar-refractivity contribution in [3.05, 3.63) is 35.4 Å². The van der Waals surface area contributed by atoms with Crippen LogP contribution < -0.4 is 5.32 Å². The van der Waals surface area contributed by atoms with Crippen LogP contribution in [0.4, 0.5) is 8.78 Å². The first-order valence-corrected chi connectivity index (χ1v) is 5.32. The van der Waals surface area contributed by atoms with Crippen molar-refractivity contribution < 1.29 is 18.3 Å². The van der Waals surface area contributed by atoms with Crippen LogP contribution in [-0.2, 0) is 9.47 Å². The van der Waals surface area contributed by atoms with Gasteiger partial charge < -0.3 is 14.8 Å². The van der Waals surface area contributed by atoms with E-state index in [0.717, 1.165) is 6.07 Å². The molecule has 1 aromatic carbocycles. The second kappa shape index (κ2) is 6.64. The van der Waals surface area contributed by atoms with E-state index in [1.165, 1.54) is 26.4 Å². The van der Waals surface area contributed by atoms with Gasteiger partial charge in [0.25, 0.3) is 0 Å². The Balaban J connectivity index is 2.60. The molecular formula is C12H17F2NO2. The average Bonchev–Trinajstić information content (AvgIpc) is 2.30. The summed E-state index contributed by atoms with van der Waals surface area (Å²) in [6.45, 7) is 2.21. The molecule has 0 aliphatic rings. The maximum atomic E-state index is 13.4. The van der Waals surface area contributed by atoms with E-state index in [1.54, 1.807) is 6.92 Å². The molecule has 0 amide bonds. The van der Waals surface area contributed by atoms with Crippen LogP contribution in [0.25, 0.3) is 0 Å². The number of methoxy groups -OCH3 is 2. The van der Waals surface area contributed by atoms with Gasteiger partial charge in [-0.05, 0) is 13.0 Å². The van der Waals surface area contributed by atoms with Gasteiger partial charge in [0.05, 0.1) is 0 Å². The smallest absolute Gasteiger partial charge is 0.169 e. The van der Waals surface area contributed by atoms with Crippen molar-refractivity contribution in [3.63, 3.8) is 0 Å². The average molecular weight is 245 g/mol. The van der Waals surface area contributed by atoms with Crippen LogP contribution in [0, 0.1) is 11.6 Å². The topological polar surface area (TPSA) is 30.5 Å². The third kappa shape index (κ3) is 4.03. The molecule has 0 spiro atoms. The molecule has 96 valence electrons. The number of benzene rings is 1. The highest BCUT2D eigenvalue weighted by Crippen LogP contribution is 2.17. The van der Waals surface area contributed by atoms with Gasteiger partial charge in [-0.15, -0.1) is 0 Å². The molecule has 1 N–H and O–H groups in total. The van der Waals surface area contributed by atoms with E-state index < -0.39 is 11.6 Å². The summed E-state index contributed by atoms with van der Waals surface area (Å²) in [7, 11) is 3.05. The van der Waals surface area contributed by atoms with Crippen LogP contribution in [0.2, 0.25) is 0 Å². The van der Waals surface area contributed by atoms with Gasteiger partial charge in [-0.1, -0.05) is 6.07 Å². The van der Waals surface area contributed by atoms with Gasteiger partial charge >= 0.3 is 0 Å². The molecule has 3 nitrogen and oxygen atoms in total. The number of hydrogen-bond acceptors (Lipinski definition) is 3. The lowest BCUT2D eigenvalue weighted by atomic mass is 10.1. The molecule has 0 fully saturated rings. The van der Waals surface area contributed by atoms with Gasteiger partial charge in [-0.2, -0.15) is 0 Å². The summed E-state index contributed by atoms with van der Waals surface area (Å²) in [5.74, 6) is -1.14. The molecule has 1 rings (SSSR count). The first kappa shape index (κ1) is 14.0. The normalized spacial score (nSPS) is 13.1. The standard InChI is InChI=1S/C12H17F2NO2/c1-8(15-7-12(16-2)17-3)10-5-4-9(13)6-11(10)14/h4-6,8,12,15H,7H2,1-3H3. The zero-order valence-electron chi connectivity index (χ0n) is 10.2. The van der Waals surface area contributed by atoms with E-state index in [2.05, 4.69) is 5.32 Å². The van der Waals surface area contributed by atoms with Crippen molar-refractivity contribution in [1.82, 2.24) is 5.32 Å². The fourth-order valence-corrected chi connectivity index (χ4v) is 1.50. The summed E-state index contributed by atoms with van der Waals surface area (Å²) in [4.78, 5) is 0. The Morgan fingerprint density at radius 1 is 1.24 bits per heavy atom. The highest BCUT2D eigenvalue weighted by Gasteiger charge is 2.13. The maximum Gasteiger partial charge on any atom is 0.169 e. The van der Waals surface area contributed by atoms with Gasteiger partial charge in [0.2, 0.25) is 0 Å². The van der Waals surface area contributed by atoms with E-state index in [4.69, 9.17) is 9.47 Å². The largest absolute Gasteiger partial charge is 0.355 e. The molecule has 1 aromatic rings. The van der Waals surface area contributed by atoms with Gasteiger partial charge in [0, 0.05) is 38.4 Å². The maximum absolute atomic E-state index is 13.4. The third-order valence-corrected chi connectivity index (χ3v) is 2.55. The minimum Gasteiger partial charge on any atom is -0.355 e. The van der Waals surface area contributed by atoms with E-state index in [0.29, 0.717) is 12.1 Å². The fraction of sp³-hybridized carbons (Fsp3) is 0.500. The Morgan fingerprint density at radius 2 is 1.88 bits per heavy atom. The SMILES string of the molecule is COC(CNC(C)c1ccc(F)cc1F)OC. The first-order valence-electron chi connectivity index (χ1n) is 5.32. The Labute approximate surface area is 99.7 Å². The monoisotopic (exact) mass is 245 g/mol. The Kier molecular flexibility index (Phi) is 5.47. The number of hydrogen-bond donors (Lipinski definition) is 1. The molecular weight excluding hydrogens is 228 g/mol. The lowest BCUT2D eigenvalue weighted by Crippen LogP contribution is -2.31. The predicted octanol–water partition coefficient (Wildman–Crippen LogP) is 2.23. The van der Waals surface area contributed by atoms with Crippen LogP contribution in [0.3, 0.4) is 0 Å². The fourth-order valence-electron chi connectivity index (χ4n) is 1.50. The number of ether oxygens (including phenoxy) is 2. The molecule has 0 bridgehead atoms. The van der Waals surface area contributed by atoms with E-state index in [1.807, 2.05) is 0 Å². The van der Waals surface area contributed by atoms with Crippen LogP contribution in [0.5, 0.6) is 0 Å². The molecule has 5 heteroatoms. The van der Waals surface area contributed by atoms with Crippen molar-refractivity contribution in [1.29, 1.82) is 0 Å². The van der Waals surface area contributed by atoms with Crippen LogP contribution >= 0.6 is 0 Å². The molecule has 0 saturated carbocycles. The zero-order valence-corrected chi connectivity index (χ0v) is 10.2. The van der Waals surface area contributed by atoms with Crippen molar-refractivity contribution in [3.8, 4) is 0 Å². The van der Waals surface area contributed by atoms with Gasteiger partial charge in [0.1, 0.15) is 11.6 Å². The van der Waals surface area contributed by atoms with Crippen LogP contribution in [-0.4, -0.2) is 27.1 Å². The summed E-state index contributed by atoms with van der Waals surface area (Å²) < 4.78 is 36.2. The summed E-state index contributed by atoms with van der Waals surface area (Å²) >= 11 is 0. The molecule has 0 radical (unpaired) electrons. The summed E-state index contributed by atoms with van der Waals surface area (Å²) in [6.07, 6.45) is -0.388. The van der Waals surface area contributed by atoms with Crippen LogP contribution in [0.15, 0.2) is 18.2 Å². The van der Waals surface area contributed by atoms with Crippen molar-refractivity contribution in [2.45, 2.75) is 19.3 Å². The number of nitrogens with one attached hydrogen (secondary N) is 1. The zero-order chi connectivity index (χ0) is 12.8. The number of halogens is 2. The Bertz CT molecular complexity index is 356. The van der Waals surface area contributed by atoms with Gasteiger partial charge in [0.15, 0.2) is 6.29 Å². The van der Waals surface area contributed by atoms with E-state index >= 15 is 0 Å². The first-order chi connectivity index (χ1) is 8.08. The quantitative estimate of drug-likeness (QED) is 0.780. The molecule has 0 aromatic heterocycles. The van der Waals surface area contributed by atoms with Gasteiger partial charge in [-0.3, -0.25) is 0 Å². The molecule has 0 aliphatic carbocycles. The predicted molar refractivity (Wildman–Crippen MR) is 60.6 cm³/mol. The van der Waals surface area contributed by atoms with Crippen molar-refractivity contribution >= 4 is 0 Å². The highest BCUT2D eigenvalue weighted by molar-refractivity contribution is 5.21. The summed E-state index contributed by atoms with van der Waals surface area (Å²) in [5.41, 5.74) is 0.414. The lowest BCUT2D eigenvalue weighted by Gasteiger charge is -2.19. The van der Waals surface area contributed by atoms with Crippen molar-refractivity contribution in [2.24, 2.45) is 0 Å². The number of rotatable bonds is 6. The highest BCUT2D eigenvalue weighted by atomic mass is 19.1. The van der Waals surface area contributed by atoms with Crippen molar-refractivity contribution in [2.75, 3.05) is 20.8 Å². The molecule has 0 aliphatic heterocycles. The van der Waals surface area contributed by atoms with Crippen LogP contribution in [0.1, 0.15) is 18.5 Å². The second-order valence-electron chi connectivity index (χ2n) is 3.70. The Morgan fingerprint density at radius 3 is 2.41 bits per heavy atom. The van der Waals surface area contributed by atoms with Gasteiger partial charge in [-0.25, -0.2) is 8.78 Å².